The largest absolute Gasteiger partial charge is 0.488 e. The Bertz CT molecular complexity index is 925. The predicted molar refractivity (Wildman–Crippen MR) is 118 cm³/mol. The summed E-state index contributed by atoms with van der Waals surface area (Å²) in [6.45, 7) is 3.08. The van der Waals surface area contributed by atoms with Crippen molar-refractivity contribution in [3.63, 3.8) is 0 Å². The summed E-state index contributed by atoms with van der Waals surface area (Å²) < 4.78 is 36.3. The van der Waals surface area contributed by atoms with E-state index in [4.69, 9.17) is 16.3 Å². The third kappa shape index (κ3) is 7.62. The molecule has 10 heteroatoms. The molecule has 0 aliphatic heterocycles. The van der Waals surface area contributed by atoms with E-state index in [-0.39, 0.29) is 13.2 Å². The SMILES string of the molecule is CCCC.Cc1nc(NSc2c[nH]c3cc(Cl)ccc23)ncc1OCCOC(F)F. The standard InChI is InChI=1S/C16H15ClF2N4O2S.C4H10/c1-9-13(24-4-5-25-15(18)19)7-21-16(22-9)23-26-14-8-20-12-6-10(17)2-3-11(12)14;1-3-4-2/h2-3,6-8,15,20H,4-5H2,1H3,(H,21,22,23);3-4H2,1-2H3. The van der Waals surface area contributed by atoms with Gasteiger partial charge in [0.05, 0.1) is 23.4 Å². The van der Waals surface area contributed by atoms with Gasteiger partial charge in [-0.05, 0) is 31.0 Å². The number of aromatic nitrogens is 3. The number of fused-ring (bicyclic) bond motifs is 1. The first-order valence-electron chi connectivity index (χ1n) is 9.50. The number of alkyl halides is 2. The van der Waals surface area contributed by atoms with Crippen LogP contribution in [0.15, 0.2) is 35.5 Å². The number of H-pyrrole nitrogens is 1. The highest BCUT2D eigenvalue weighted by molar-refractivity contribution is 8.00. The zero-order chi connectivity index (χ0) is 21.9. The predicted octanol–water partition coefficient (Wildman–Crippen LogP) is 6.46. The lowest BCUT2D eigenvalue weighted by molar-refractivity contribution is -0.133. The molecule has 6 nitrogen and oxygen atoms in total. The second kappa shape index (κ2) is 12.6. The molecule has 0 saturated heterocycles. The molecule has 0 unspecified atom stereocenters. The van der Waals surface area contributed by atoms with E-state index in [1.54, 1.807) is 6.92 Å². The normalized spacial score (nSPS) is 10.8. The molecule has 0 aliphatic rings. The summed E-state index contributed by atoms with van der Waals surface area (Å²) in [5, 5.41) is 1.69. The van der Waals surface area contributed by atoms with Crippen LogP contribution in [0.1, 0.15) is 32.4 Å². The molecule has 0 saturated carbocycles. The van der Waals surface area contributed by atoms with Crippen molar-refractivity contribution in [2.24, 2.45) is 0 Å². The summed E-state index contributed by atoms with van der Waals surface area (Å²) in [7, 11) is 0. The molecule has 0 bridgehead atoms. The van der Waals surface area contributed by atoms with Crippen LogP contribution >= 0.6 is 23.5 Å². The molecule has 0 fully saturated rings. The van der Waals surface area contributed by atoms with Gasteiger partial charge in [-0.2, -0.15) is 8.78 Å². The lowest BCUT2D eigenvalue weighted by atomic mass is 10.2. The number of benzene rings is 1. The Morgan fingerprint density at radius 2 is 2.00 bits per heavy atom. The van der Waals surface area contributed by atoms with Gasteiger partial charge < -0.3 is 14.5 Å². The van der Waals surface area contributed by atoms with Gasteiger partial charge in [-0.25, -0.2) is 9.97 Å². The first-order valence-corrected chi connectivity index (χ1v) is 10.7. The highest BCUT2D eigenvalue weighted by atomic mass is 35.5. The third-order valence-electron chi connectivity index (χ3n) is 3.88. The summed E-state index contributed by atoms with van der Waals surface area (Å²) in [6, 6.07) is 5.61. The van der Waals surface area contributed by atoms with Crippen molar-refractivity contribution >= 4 is 40.4 Å². The van der Waals surface area contributed by atoms with Crippen LogP contribution in [0.3, 0.4) is 0 Å². The van der Waals surface area contributed by atoms with Crippen molar-refractivity contribution in [2.75, 3.05) is 17.9 Å². The lowest BCUT2D eigenvalue weighted by Crippen LogP contribution is -2.11. The first-order chi connectivity index (χ1) is 14.4. The number of halogens is 3. The zero-order valence-electron chi connectivity index (χ0n) is 17.0. The maximum absolute atomic E-state index is 11.9. The third-order valence-corrected chi connectivity index (χ3v) is 4.95. The van der Waals surface area contributed by atoms with E-state index in [9.17, 15) is 8.78 Å². The Labute approximate surface area is 183 Å². The molecule has 3 aromatic rings. The number of anilines is 1. The van der Waals surface area contributed by atoms with Gasteiger partial charge in [-0.1, -0.05) is 44.4 Å². The average Bonchev–Trinajstić information content (AvgIpc) is 3.12. The summed E-state index contributed by atoms with van der Waals surface area (Å²) in [5.41, 5.74) is 1.53. The minimum Gasteiger partial charge on any atom is -0.488 e. The number of ether oxygens (including phenoxy) is 2. The molecule has 3 rings (SSSR count). The van der Waals surface area contributed by atoms with Gasteiger partial charge in [0.25, 0.3) is 0 Å². The molecule has 2 N–H and O–H groups in total. The molecule has 164 valence electrons. The van der Waals surface area contributed by atoms with Crippen LogP contribution in [0, 0.1) is 6.92 Å². The Hall–Kier alpha value is -2.10. The van der Waals surface area contributed by atoms with E-state index >= 15 is 0 Å². The van der Waals surface area contributed by atoms with Crippen molar-refractivity contribution in [3.05, 3.63) is 41.3 Å². The van der Waals surface area contributed by atoms with Crippen LogP contribution in [0.4, 0.5) is 14.7 Å². The Morgan fingerprint density at radius 3 is 2.67 bits per heavy atom. The molecule has 1 aromatic carbocycles. The van der Waals surface area contributed by atoms with Gasteiger partial charge in [-0.15, -0.1) is 0 Å². The highest BCUT2D eigenvalue weighted by Crippen LogP contribution is 2.30. The molecule has 2 aromatic heterocycles. The maximum atomic E-state index is 11.9. The molecular weight excluding hydrogens is 434 g/mol. The second-order valence-electron chi connectivity index (χ2n) is 6.17. The number of rotatable bonds is 9. The van der Waals surface area contributed by atoms with E-state index in [1.807, 2.05) is 24.4 Å². The van der Waals surface area contributed by atoms with Crippen LogP contribution < -0.4 is 9.46 Å². The van der Waals surface area contributed by atoms with E-state index in [2.05, 4.69) is 38.3 Å². The summed E-state index contributed by atoms with van der Waals surface area (Å²) >= 11 is 7.34. The van der Waals surface area contributed by atoms with Crippen molar-refractivity contribution in [3.8, 4) is 5.75 Å². The Kier molecular flexibility index (Phi) is 10.1. The van der Waals surface area contributed by atoms with Gasteiger partial charge in [0.2, 0.25) is 5.95 Å². The molecule has 0 atom stereocenters. The highest BCUT2D eigenvalue weighted by Gasteiger charge is 2.09. The summed E-state index contributed by atoms with van der Waals surface area (Å²) in [5.74, 6) is 0.826. The van der Waals surface area contributed by atoms with Gasteiger partial charge in [0.1, 0.15) is 6.61 Å². The smallest absolute Gasteiger partial charge is 0.345 e. The molecule has 2 heterocycles. The monoisotopic (exact) mass is 458 g/mol. The Morgan fingerprint density at radius 1 is 1.23 bits per heavy atom. The summed E-state index contributed by atoms with van der Waals surface area (Å²) in [4.78, 5) is 12.6. The van der Waals surface area contributed by atoms with Crippen LogP contribution in [0.5, 0.6) is 5.75 Å². The second-order valence-corrected chi connectivity index (χ2v) is 7.45. The minimum absolute atomic E-state index is 0.00599. The fourth-order valence-electron chi connectivity index (χ4n) is 2.19. The Balaban J connectivity index is 0.000000735. The van der Waals surface area contributed by atoms with E-state index < -0.39 is 6.61 Å². The zero-order valence-corrected chi connectivity index (χ0v) is 18.6. The van der Waals surface area contributed by atoms with Gasteiger partial charge in [0, 0.05) is 22.1 Å². The van der Waals surface area contributed by atoms with E-state index in [0.717, 1.165) is 15.8 Å². The van der Waals surface area contributed by atoms with Crippen molar-refractivity contribution in [1.82, 2.24) is 15.0 Å². The number of nitrogens with zero attached hydrogens (tertiary/aromatic N) is 2. The van der Waals surface area contributed by atoms with Crippen LogP contribution in [0.25, 0.3) is 10.9 Å². The maximum Gasteiger partial charge on any atom is 0.345 e. The molecule has 30 heavy (non-hydrogen) atoms. The van der Waals surface area contributed by atoms with Crippen LogP contribution in [-0.4, -0.2) is 34.8 Å². The number of unbranched alkanes of at least 4 members (excludes halogenated alkanes) is 1. The molecule has 0 radical (unpaired) electrons. The van der Waals surface area contributed by atoms with Crippen molar-refractivity contribution < 1.29 is 18.3 Å². The number of hydrogen-bond donors (Lipinski definition) is 2. The summed E-state index contributed by atoms with van der Waals surface area (Å²) in [6.07, 6.45) is 5.99. The van der Waals surface area contributed by atoms with Crippen LogP contribution in [-0.2, 0) is 4.74 Å². The minimum atomic E-state index is -2.81. The van der Waals surface area contributed by atoms with Crippen molar-refractivity contribution in [1.29, 1.82) is 0 Å². The molecule has 0 spiro atoms. The van der Waals surface area contributed by atoms with Crippen LogP contribution in [0.2, 0.25) is 5.02 Å². The van der Waals surface area contributed by atoms with E-state index in [0.29, 0.717) is 22.4 Å². The number of nitrogens with one attached hydrogen (secondary N) is 2. The average molecular weight is 459 g/mol. The molecule has 0 aliphatic carbocycles. The van der Waals surface area contributed by atoms with Crippen molar-refractivity contribution in [2.45, 2.75) is 45.1 Å². The fourth-order valence-corrected chi connectivity index (χ4v) is 3.07. The van der Waals surface area contributed by atoms with Gasteiger partial charge >= 0.3 is 6.61 Å². The van der Waals surface area contributed by atoms with E-state index in [1.165, 1.54) is 31.0 Å². The quantitative estimate of drug-likeness (QED) is 0.283. The number of hydrogen-bond acceptors (Lipinski definition) is 6. The molecule has 0 amide bonds. The van der Waals surface area contributed by atoms with Gasteiger partial charge in [0.15, 0.2) is 5.75 Å². The topological polar surface area (TPSA) is 72.1 Å². The molecular formula is C20H25ClF2N4O2S. The van der Waals surface area contributed by atoms with Gasteiger partial charge in [-0.3, -0.25) is 4.72 Å². The number of aromatic amines is 1. The first kappa shape index (κ1) is 24.2. The lowest BCUT2D eigenvalue weighted by Gasteiger charge is -2.10. The number of aryl methyl sites for hydroxylation is 1. The fraction of sp³-hybridized carbons (Fsp3) is 0.400.